The summed E-state index contributed by atoms with van der Waals surface area (Å²) in [5, 5.41) is 7.94. The highest BCUT2D eigenvalue weighted by atomic mass is 16.5. The number of hydrogen-bond acceptors (Lipinski definition) is 6. The molecule has 0 fully saturated rings. The van der Waals surface area contributed by atoms with Gasteiger partial charge >= 0.3 is 0 Å². The van der Waals surface area contributed by atoms with Gasteiger partial charge in [0.15, 0.2) is 23.0 Å². The summed E-state index contributed by atoms with van der Waals surface area (Å²) in [5.41, 5.74) is 3.70. The van der Waals surface area contributed by atoms with Gasteiger partial charge in [-0.2, -0.15) is 5.10 Å². The normalized spacial score (nSPS) is 16.5. The molecule has 0 saturated heterocycles. The Morgan fingerprint density at radius 1 is 1.25 bits per heavy atom. The molecule has 124 valence electrons. The SMILES string of the molecule is Cc1ncc(C)n2nc(CCc3ccc4c(n3)NC(C)CO4)nc12. The van der Waals surface area contributed by atoms with Crippen LogP contribution in [0.1, 0.15) is 29.8 Å². The van der Waals surface area contributed by atoms with Crippen LogP contribution in [0.15, 0.2) is 18.3 Å². The van der Waals surface area contributed by atoms with Gasteiger partial charge in [0.25, 0.3) is 0 Å². The minimum Gasteiger partial charge on any atom is -0.488 e. The first-order chi connectivity index (χ1) is 11.6. The number of rotatable bonds is 3. The predicted octanol–water partition coefficient (Wildman–Crippen LogP) is 2.11. The second kappa shape index (κ2) is 5.74. The van der Waals surface area contributed by atoms with E-state index in [9.17, 15) is 0 Å². The Hall–Kier alpha value is -2.70. The highest BCUT2D eigenvalue weighted by Crippen LogP contribution is 2.27. The van der Waals surface area contributed by atoms with Crippen molar-refractivity contribution >= 4 is 11.5 Å². The van der Waals surface area contributed by atoms with Crippen LogP contribution in [0, 0.1) is 13.8 Å². The van der Waals surface area contributed by atoms with Crippen molar-refractivity contribution in [2.45, 2.75) is 39.7 Å². The number of pyridine rings is 1. The lowest BCUT2D eigenvalue weighted by molar-refractivity contribution is 0.289. The van der Waals surface area contributed by atoms with Gasteiger partial charge in [-0.15, -0.1) is 0 Å². The summed E-state index contributed by atoms with van der Waals surface area (Å²) >= 11 is 0. The first-order valence-electron chi connectivity index (χ1n) is 8.17. The van der Waals surface area contributed by atoms with Gasteiger partial charge in [-0.1, -0.05) is 0 Å². The zero-order chi connectivity index (χ0) is 16.7. The first kappa shape index (κ1) is 14.9. The Kier molecular flexibility index (Phi) is 3.55. The second-order valence-electron chi connectivity index (χ2n) is 6.25. The highest BCUT2D eigenvalue weighted by molar-refractivity contribution is 5.53. The number of ether oxygens (including phenoxy) is 1. The minimum atomic E-state index is 0.277. The third-order valence-corrected chi connectivity index (χ3v) is 4.15. The summed E-state index contributed by atoms with van der Waals surface area (Å²) in [6.07, 6.45) is 3.34. The largest absolute Gasteiger partial charge is 0.488 e. The van der Waals surface area contributed by atoms with Crippen molar-refractivity contribution in [3.63, 3.8) is 0 Å². The van der Waals surface area contributed by atoms with Crippen LogP contribution in [0.25, 0.3) is 5.65 Å². The van der Waals surface area contributed by atoms with Crippen LogP contribution >= 0.6 is 0 Å². The standard InChI is InChI=1S/C17H20N6O/c1-10-9-24-14-6-4-13(20-16(14)19-10)5-7-15-21-17-12(3)18-8-11(2)23(17)22-15/h4,6,8,10H,5,7,9H2,1-3H3,(H,19,20). The van der Waals surface area contributed by atoms with Crippen molar-refractivity contribution in [1.82, 2.24) is 24.6 Å². The van der Waals surface area contributed by atoms with Crippen LogP contribution in [-0.2, 0) is 12.8 Å². The molecule has 1 unspecified atom stereocenters. The Balaban J connectivity index is 1.54. The van der Waals surface area contributed by atoms with Gasteiger partial charge in [-0.25, -0.2) is 14.5 Å². The van der Waals surface area contributed by atoms with E-state index in [0.29, 0.717) is 6.61 Å². The molecule has 1 atom stereocenters. The van der Waals surface area contributed by atoms with Crippen LogP contribution in [0.3, 0.4) is 0 Å². The fourth-order valence-corrected chi connectivity index (χ4v) is 2.82. The van der Waals surface area contributed by atoms with Crippen molar-refractivity contribution in [3.05, 3.63) is 41.2 Å². The molecular formula is C17H20N6O. The molecule has 3 aromatic heterocycles. The maximum atomic E-state index is 5.66. The van der Waals surface area contributed by atoms with Gasteiger partial charge in [0.05, 0.1) is 17.4 Å². The van der Waals surface area contributed by atoms with E-state index in [1.165, 1.54) is 0 Å². The van der Waals surface area contributed by atoms with E-state index in [1.807, 2.05) is 36.7 Å². The monoisotopic (exact) mass is 324 g/mol. The molecule has 0 bridgehead atoms. The van der Waals surface area contributed by atoms with E-state index in [-0.39, 0.29) is 6.04 Å². The van der Waals surface area contributed by atoms with Crippen LogP contribution in [-0.4, -0.2) is 37.2 Å². The van der Waals surface area contributed by atoms with Gasteiger partial charge in [0.1, 0.15) is 6.61 Å². The summed E-state index contributed by atoms with van der Waals surface area (Å²) in [6.45, 7) is 6.68. The molecule has 7 nitrogen and oxygen atoms in total. The summed E-state index contributed by atoms with van der Waals surface area (Å²) in [6, 6.07) is 4.26. The fourth-order valence-electron chi connectivity index (χ4n) is 2.82. The van der Waals surface area contributed by atoms with Gasteiger partial charge < -0.3 is 10.1 Å². The number of anilines is 1. The molecular weight excluding hydrogens is 304 g/mol. The summed E-state index contributed by atoms with van der Waals surface area (Å²) in [7, 11) is 0. The molecule has 0 saturated carbocycles. The number of aryl methyl sites for hydroxylation is 4. The topological polar surface area (TPSA) is 77.2 Å². The van der Waals surface area contributed by atoms with Crippen LogP contribution in [0.2, 0.25) is 0 Å². The second-order valence-corrected chi connectivity index (χ2v) is 6.25. The van der Waals surface area contributed by atoms with Gasteiger partial charge in [0, 0.05) is 18.3 Å². The molecule has 1 aliphatic rings. The predicted molar refractivity (Wildman–Crippen MR) is 90.5 cm³/mol. The summed E-state index contributed by atoms with van der Waals surface area (Å²) < 4.78 is 7.52. The Morgan fingerprint density at radius 2 is 2.12 bits per heavy atom. The van der Waals surface area contributed by atoms with Crippen molar-refractivity contribution < 1.29 is 4.74 Å². The maximum absolute atomic E-state index is 5.66. The molecule has 0 aliphatic carbocycles. The third-order valence-electron chi connectivity index (χ3n) is 4.15. The van der Waals surface area contributed by atoms with Crippen LogP contribution < -0.4 is 10.1 Å². The lowest BCUT2D eigenvalue weighted by Crippen LogP contribution is -2.29. The number of hydrogen-bond donors (Lipinski definition) is 1. The van der Waals surface area contributed by atoms with Crippen LogP contribution in [0.5, 0.6) is 5.75 Å². The van der Waals surface area contributed by atoms with E-state index in [1.54, 1.807) is 0 Å². The first-order valence-corrected chi connectivity index (χ1v) is 8.17. The van der Waals surface area contributed by atoms with E-state index < -0.39 is 0 Å². The van der Waals surface area contributed by atoms with Gasteiger partial charge in [-0.3, -0.25) is 4.98 Å². The molecule has 1 N–H and O–H groups in total. The molecule has 3 aromatic rings. The van der Waals surface area contributed by atoms with Gasteiger partial charge in [0.2, 0.25) is 0 Å². The van der Waals surface area contributed by atoms with Crippen LogP contribution in [0.4, 0.5) is 5.82 Å². The third kappa shape index (κ3) is 2.66. The summed E-state index contributed by atoms with van der Waals surface area (Å²) in [4.78, 5) is 13.6. The quantitative estimate of drug-likeness (QED) is 0.795. The zero-order valence-electron chi connectivity index (χ0n) is 14.1. The Labute approximate surface area is 140 Å². The molecule has 0 aromatic carbocycles. The Morgan fingerprint density at radius 3 is 2.96 bits per heavy atom. The van der Waals surface area contributed by atoms with E-state index in [4.69, 9.17) is 4.74 Å². The van der Waals surface area contributed by atoms with Crippen molar-refractivity contribution in [2.24, 2.45) is 0 Å². The number of fused-ring (bicyclic) bond motifs is 2. The average Bonchev–Trinajstić information content (AvgIpc) is 3.01. The van der Waals surface area contributed by atoms with E-state index in [0.717, 1.165) is 53.0 Å². The lowest BCUT2D eigenvalue weighted by Gasteiger charge is -2.24. The molecule has 0 radical (unpaired) electrons. The number of nitrogens with zero attached hydrogens (tertiary/aromatic N) is 5. The Bertz CT molecular complexity index is 864. The van der Waals surface area contributed by atoms with Crippen molar-refractivity contribution in [3.8, 4) is 5.75 Å². The fraction of sp³-hybridized carbons (Fsp3) is 0.412. The molecule has 24 heavy (non-hydrogen) atoms. The van der Waals surface area contributed by atoms with Crippen molar-refractivity contribution in [2.75, 3.05) is 11.9 Å². The molecule has 0 spiro atoms. The smallest absolute Gasteiger partial charge is 0.177 e. The van der Waals surface area contributed by atoms with E-state index in [2.05, 4.69) is 32.3 Å². The molecule has 4 rings (SSSR count). The average molecular weight is 324 g/mol. The lowest BCUT2D eigenvalue weighted by atomic mass is 10.2. The maximum Gasteiger partial charge on any atom is 0.177 e. The number of nitrogens with one attached hydrogen (secondary N) is 1. The zero-order valence-corrected chi connectivity index (χ0v) is 14.1. The minimum absolute atomic E-state index is 0.277. The van der Waals surface area contributed by atoms with E-state index >= 15 is 0 Å². The van der Waals surface area contributed by atoms with Gasteiger partial charge in [-0.05, 0) is 39.3 Å². The highest BCUT2D eigenvalue weighted by Gasteiger charge is 2.17. The molecule has 4 heterocycles. The molecule has 1 aliphatic heterocycles. The molecule has 0 amide bonds. The number of aromatic nitrogens is 5. The van der Waals surface area contributed by atoms with Crippen molar-refractivity contribution in [1.29, 1.82) is 0 Å². The molecule has 7 heteroatoms. The summed E-state index contributed by atoms with van der Waals surface area (Å²) in [5.74, 6) is 2.46.